The maximum absolute atomic E-state index is 11.7. The summed E-state index contributed by atoms with van der Waals surface area (Å²) in [6, 6.07) is 11.5. The quantitative estimate of drug-likeness (QED) is 0.821. The lowest BCUT2D eigenvalue weighted by molar-refractivity contribution is -0.145. The van der Waals surface area contributed by atoms with Crippen LogP contribution in [0.3, 0.4) is 0 Å². The monoisotopic (exact) mass is 244 g/mol. The third kappa shape index (κ3) is 2.22. The second kappa shape index (κ2) is 5.19. The first-order valence-electron chi connectivity index (χ1n) is 6.07. The molecule has 1 saturated heterocycles. The Morgan fingerprint density at radius 3 is 2.44 bits per heavy atom. The van der Waals surface area contributed by atoms with Crippen molar-refractivity contribution in [3.8, 4) is 6.07 Å². The average molecular weight is 244 g/mol. The zero-order valence-corrected chi connectivity index (χ0v) is 10.2. The number of carboxylic acids is 1. The predicted octanol–water partition coefficient (Wildman–Crippen LogP) is 1.63. The molecule has 4 heteroatoms. The van der Waals surface area contributed by atoms with Crippen molar-refractivity contribution in [3.05, 3.63) is 35.9 Å². The molecule has 1 heterocycles. The van der Waals surface area contributed by atoms with Crippen LogP contribution < -0.4 is 0 Å². The summed E-state index contributed by atoms with van der Waals surface area (Å²) in [6.07, 6.45) is 1.13. The van der Waals surface area contributed by atoms with Crippen LogP contribution in [-0.2, 0) is 10.2 Å². The van der Waals surface area contributed by atoms with Crippen LogP contribution in [-0.4, -0.2) is 35.6 Å². The van der Waals surface area contributed by atoms with Crippen molar-refractivity contribution in [1.82, 2.24) is 4.90 Å². The molecule has 0 aliphatic carbocycles. The maximum atomic E-state index is 11.7. The van der Waals surface area contributed by atoms with Crippen LogP contribution in [0.5, 0.6) is 0 Å². The topological polar surface area (TPSA) is 64.3 Å². The van der Waals surface area contributed by atoms with Crippen LogP contribution in [0.25, 0.3) is 0 Å². The number of likely N-dealkylation sites (tertiary alicyclic amines) is 1. The molecule has 0 atom stereocenters. The molecule has 18 heavy (non-hydrogen) atoms. The molecule has 2 rings (SSSR count). The molecule has 0 bridgehead atoms. The second-order valence-corrected chi connectivity index (χ2v) is 4.69. The van der Waals surface area contributed by atoms with E-state index in [0.29, 0.717) is 32.5 Å². The zero-order valence-electron chi connectivity index (χ0n) is 10.2. The minimum Gasteiger partial charge on any atom is -0.481 e. The Kier molecular flexibility index (Phi) is 3.63. The fourth-order valence-corrected chi connectivity index (χ4v) is 2.58. The normalized spacial score (nSPS) is 19.1. The van der Waals surface area contributed by atoms with Gasteiger partial charge in [0.05, 0.1) is 18.0 Å². The van der Waals surface area contributed by atoms with Gasteiger partial charge in [0.25, 0.3) is 0 Å². The fraction of sp³-hybridized carbons (Fsp3) is 0.429. The van der Waals surface area contributed by atoms with E-state index in [9.17, 15) is 9.90 Å². The molecule has 0 saturated carbocycles. The highest BCUT2D eigenvalue weighted by molar-refractivity contribution is 5.81. The molecule has 1 N–H and O–H groups in total. The summed E-state index contributed by atoms with van der Waals surface area (Å²) in [6.45, 7) is 1.70. The van der Waals surface area contributed by atoms with Gasteiger partial charge in [-0.2, -0.15) is 5.26 Å². The van der Waals surface area contributed by atoms with Crippen molar-refractivity contribution >= 4 is 5.97 Å². The molecule has 1 aliphatic heterocycles. The summed E-state index contributed by atoms with van der Waals surface area (Å²) in [7, 11) is 0. The van der Waals surface area contributed by atoms with Crippen molar-refractivity contribution in [3.63, 3.8) is 0 Å². The van der Waals surface area contributed by atoms with Crippen molar-refractivity contribution in [2.75, 3.05) is 19.6 Å². The van der Waals surface area contributed by atoms with Gasteiger partial charge in [-0.1, -0.05) is 30.3 Å². The van der Waals surface area contributed by atoms with E-state index < -0.39 is 11.4 Å². The fourth-order valence-electron chi connectivity index (χ4n) is 2.58. The third-order valence-electron chi connectivity index (χ3n) is 3.74. The van der Waals surface area contributed by atoms with E-state index in [1.807, 2.05) is 35.2 Å². The average Bonchev–Trinajstić information content (AvgIpc) is 2.41. The summed E-state index contributed by atoms with van der Waals surface area (Å²) >= 11 is 0. The van der Waals surface area contributed by atoms with Crippen molar-refractivity contribution in [2.45, 2.75) is 18.3 Å². The van der Waals surface area contributed by atoms with Crippen LogP contribution in [0.1, 0.15) is 18.4 Å². The van der Waals surface area contributed by atoms with Crippen LogP contribution in [0.4, 0.5) is 0 Å². The number of carbonyl (C=O) groups is 1. The highest BCUT2D eigenvalue weighted by Crippen LogP contribution is 2.35. The molecule has 0 amide bonds. The third-order valence-corrected chi connectivity index (χ3v) is 3.74. The Morgan fingerprint density at radius 1 is 1.33 bits per heavy atom. The van der Waals surface area contributed by atoms with Gasteiger partial charge in [0.1, 0.15) is 0 Å². The van der Waals surface area contributed by atoms with E-state index in [1.165, 1.54) is 0 Å². The van der Waals surface area contributed by atoms with Gasteiger partial charge in [0.15, 0.2) is 0 Å². The minimum absolute atomic E-state index is 0.379. The first-order valence-corrected chi connectivity index (χ1v) is 6.07. The second-order valence-electron chi connectivity index (χ2n) is 4.69. The van der Waals surface area contributed by atoms with Crippen LogP contribution >= 0.6 is 0 Å². The number of carboxylic acid groups (broad SMARTS) is 1. The van der Waals surface area contributed by atoms with E-state index in [-0.39, 0.29) is 0 Å². The predicted molar refractivity (Wildman–Crippen MR) is 67.0 cm³/mol. The summed E-state index contributed by atoms with van der Waals surface area (Å²) in [4.78, 5) is 13.7. The lowest BCUT2D eigenvalue weighted by atomic mass is 9.73. The van der Waals surface area contributed by atoms with Crippen LogP contribution in [0.15, 0.2) is 30.3 Å². The number of hydrogen-bond donors (Lipinski definition) is 1. The molecular formula is C14H16N2O2. The van der Waals surface area contributed by atoms with Crippen molar-refractivity contribution in [2.24, 2.45) is 0 Å². The smallest absolute Gasteiger partial charge is 0.314 e. The summed E-state index contributed by atoms with van der Waals surface area (Å²) in [5, 5.41) is 18.2. The zero-order chi connectivity index (χ0) is 13.0. The number of piperidine rings is 1. The Bertz CT molecular complexity index is 456. The first kappa shape index (κ1) is 12.6. The largest absolute Gasteiger partial charge is 0.481 e. The highest BCUT2D eigenvalue weighted by Gasteiger charge is 2.42. The van der Waals surface area contributed by atoms with Crippen LogP contribution in [0, 0.1) is 11.3 Å². The molecule has 0 radical (unpaired) electrons. The standard InChI is InChI=1S/C14H16N2O2/c15-8-11-16-9-6-14(7-10-16,13(17)18)12-4-2-1-3-5-12/h1-5H,6-7,9-11H2,(H,17,18). The number of hydrogen-bond acceptors (Lipinski definition) is 3. The Hall–Kier alpha value is -1.86. The van der Waals surface area contributed by atoms with Gasteiger partial charge in [0.2, 0.25) is 0 Å². The van der Waals surface area contributed by atoms with Gasteiger partial charge in [-0.25, -0.2) is 0 Å². The Labute approximate surface area is 106 Å². The van der Waals surface area contributed by atoms with Gasteiger partial charge in [-0.15, -0.1) is 0 Å². The van der Waals surface area contributed by atoms with Crippen molar-refractivity contribution < 1.29 is 9.90 Å². The molecular weight excluding hydrogens is 228 g/mol. The summed E-state index contributed by atoms with van der Waals surface area (Å²) in [5.74, 6) is -0.759. The van der Waals surface area contributed by atoms with E-state index in [0.717, 1.165) is 5.56 Å². The number of nitriles is 1. The molecule has 1 fully saturated rings. The van der Waals surface area contributed by atoms with E-state index in [4.69, 9.17) is 5.26 Å². The molecule has 0 aromatic heterocycles. The van der Waals surface area contributed by atoms with Gasteiger partial charge in [-0.05, 0) is 18.4 Å². The first-order chi connectivity index (χ1) is 8.69. The lowest BCUT2D eigenvalue weighted by Crippen LogP contribution is -2.47. The van der Waals surface area contributed by atoms with E-state index in [1.54, 1.807) is 0 Å². The molecule has 1 aromatic carbocycles. The number of rotatable bonds is 3. The molecule has 4 nitrogen and oxygen atoms in total. The molecule has 1 aromatic rings. The maximum Gasteiger partial charge on any atom is 0.314 e. The Morgan fingerprint density at radius 2 is 1.94 bits per heavy atom. The van der Waals surface area contributed by atoms with Gasteiger partial charge >= 0.3 is 5.97 Å². The molecule has 0 unspecified atom stereocenters. The van der Waals surface area contributed by atoms with Crippen LogP contribution in [0.2, 0.25) is 0 Å². The Balaban J connectivity index is 2.22. The number of nitrogens with zero attached hydrogens (tertiary/aromatic N) is 2. The number of aliphatic carboxylic acids is 1. The van der Waals surface area contributed by atoms with Gasteiger partial charge in [0, 0.05) is 13.1 Å². The summed E-state index contributed by atoms with van der Waals surface area (Å²) in [5.41, 5.74) is 0.0850. The van der Waals surface area contributed by atoms with E-state index in [2.05, 4.69) is 6.07 Å². The van der Waals surface area contributed by atoms with E-state index >= 15 is 0 Å². The van der Waals surface area contributed by atoms with Gasteiger partial charge in [-0.3, -0.25) is 9.69 Å². The lowest BCUT2D eigenvalue weighted by Gasteiger charge is -2.38. The van der Waals surface area contributed by atoms with Gasteiger partial charge < -0.3 is 5.11 Å². The summed E-state index contributed by atoms with van der Waals surface area (Å²) < 4.78 is 0. The minimum atomic E-state index is -0.785. The number of benzene rings is 1. The SMILES string of the molecule is N#CCN1CCC(C(=O)O)(c2ccccc2)CC1. The highest BCUT2D eigenvalue weighted by atomic mass is 16.4. The molecule has 1 aliphatic rings. The molecule has 94 valence electrons. The van der Waals surface area contributed by atoms with Crippen molar-refractivity contribution in [1.29, 1.82) is 5.26 Å². The molecule has 0 spiro atoms.